The highest BCUT2D eigenvalue weighted by Gasteiger charge is 2.13. The lowest BCUT2D eigenvalue weighted by molar-refractivity contribution is -0.132. The fourth-order valence-corrected chi connectivity index (χ4v) is 1.88. The van der Waals surface area contributed by atoms with E-state index in [9.17, 15) is 4.79 Å². The number of rotatable bonds is 6. The third kappa shape index (κ3) is 6.16. The molecule has 2 N–H and O–H groups in total. The number of aromatic nitrogens is 2. The lowest BCUT2D eigenvalue weighted by Crippen LogP contribution is -2.37. The van der Waals surface area contributed by atoms with Gasteiger partial charge in [0, 0.05) is 32.0 Å². The number of nitrogens with zero attached hydrogens (tertiary/aromatic N) is 3. The number of nitrogens with two attached hydrogens (primary N) is 1. The summed E-state index contributed by atoms with van der Waals surface area (Å²) in [5.74, 6) is 0.0259. The standard InChI is InChI=1S/C14H18N4O.2ClH/c15-7-10-17(11-13-5-2-1-3-6-13)14(19)12-18-9-4-8-16-18;;/h1-6,8-9H,7,10-12,15H2;2*1H. The fraction of sp³-hybridized carbons (Fsp3) is 0.286. The van der Waals surface area contributed by atoms with Crippen LogP contribution in [0.15, 0.2) is 48.8 Å². The molecule has 0 aliphatic heterocycles. The largest absolute Gasteiger partial charge is 0.335 e. The molecule has 2 rings (SSSR count). The summed E-state index contributed by atoms with van der Waals surface area (Å²) in [6, 6.07) is 11.7. The number of hydrogen-bond acceptors (Lipinski definition) is 3. The van der Waals surface area contributed by atoms with Crippen molar-refractivity contribution in [3.63, 3.8) is 0 Å². The summed E-state index contributed by atoms with van der Waals surface area (Å²) in [6.07, 6.45) is 3.44. The van der Waals surface area contributed by atoms with Gasteiger partial charge in [-0.2, -0.15) is 5.10 Å². The predicted molar refractivity (Wildman–Crippen MR) is 87.6 cm³/mol. The summed E-state index contributed by atoms with van der Waals surface area (Å²) in [7, 11) is 0. The molecule has 0 spiro atoms. The molecule has 0 saturated carbocycles. The molecule has 1 amide bonds. The number of benzene rings is 1. The first-order valence-corrected chi connectivity index (χ1v) is 6.29. The maximum absolute atomic E-state index is 12.2. The van der Waals surface area contributed by atoms with Crippen molar-refractivity contribution in [3.8, 4) is 0 Å². The number of amides is 1. The Morgan fingerprint density at radius 1 is 1.19 bits per heavy atom. The second-order valence-corrected chi connectivity index (χ2v) is 4.29. The van der Waals surface area contributed by atoms with Crippen molar-refractivity contribution in [3.05, 3.63) is 54.4 Å². The normalized spacial score (nSPS) is 9.38. The Balaban J connectivity index is 0.00000200. The van der Waals surface area contributed by atoms with Crippen LogP contribution in [0.1, 0.15) is 5.56 Å². The second-order valence-electron chi connectivity index (χ2n) is 4.29. The molecule has 0 aliphatic rings. The molecule has 0 unspecified atom stereocenters. The van der Waals surface area contributed by atoms with Crippen molar-refractivity contribution in [1.29, 1.82) is 0 Å². The first-order chi connectivity index (χ1) is 9.29. The van der Waals surface area contributed by atoms with Crippen molar-refractivity contribution in [2.24, 2.45) is 5.73 Å². The average Bonchev–Trinajstić information content (AvgIpc) is 2.92. The minimum absolute atomic E-state index is 0. The number of carbonyl (C=O) groups is 1. The van der Waals surface area contributed by atoms with E-state index < -0.39 is 0 Å². The van der Waals surface area contributed by atoms with Crippen molar-refractivity contribution < 1.29 is 4.79 Å². The Morgan fingerprint density at radius 2 is 1.90 bits per heavy atom. The van der Waals surface area contributed by atoms with Gasteiger partial charge in [-0.1, -0.05) is 30.3 Å². The molecule has 1 heterocycles. The molecule has 0 radical (unpaired) electrons. The lowest BCUT2D eigenvalue weighted by Gasteiger charge is -2.22. The van der Waals surface area contributed by atoms with Gasteiger partial charge in [0.15, 0.2) is 0 Å². The van der Waals surface area contributed by atoms with Gasteiger partial charge in [0.1, 0.15) is 6.54 Å². The molecule has 21 heavy (non-hydrogen) atoms. The maximum Gasteiger partial charge on any atom is 0.244 e. The third-order valence-corrected chi connectivity index (χ3v) is 2.82. The highest BCUT2D eigenvalue weighted by molar-refractivity contribution is 5.85. The Labute approximate surface area is 136 Å². The van der Waals surface area contributed by atoms with Crippen molar-refractivity contribution in [1.82, 2.24) is 14.7 Å². The van der Waals surface area contributed by atoms with Crippen LogP contribution in [-0.4, -0.2) is 33.7 Å². The quantitative estimate of drug-likeness (QED) is 0.876. The number of hydrogen-bond donors (Lipinski definition) is 1. The number of halogens is 2. The first kappa shape index (κ1) is 19.4. The van der Waals surface area contributed by atoms with Gasteiger partial charge in [-0.05, 0) is 11.6 Å². The minimum atomic E-state index is 0. The molecular formula is C14H20Cl2N4O. The maximum atomic E-state index is 12.2. The van der Waals surface area contributed by atoms with Gasteiger partial charge in [-0.15, -0.1) is 24.8 Å². The molecule has 0 aliphatic carbocycles. The fourth-order valence-electron chi connectivity index (χ4n) is 1.88. The van der Waals surface area contributed by atoms with E-state index in [0.29, 0.717) is 19.6 Å². The SMILES string of the molecule is Cl.Cl.NCCN(Cc1ccccc1)C(=O)Cn1cccn1. The van der Waals surface area contributed by atoms with Crippen molar-refractivity contribution in [2.45, 2.75) is 13.1 Å². The molecule has 0 saturated heterocycles. The molecule has 5 nitrogen and oxygen atoms in total. The zero-order chi connectivity index (χ0) is 13.5. The van der Waals surface area contributed by atoms with Gasteiger partial charge in [-0.3, -0.25) is 9.48 Å². The molecule has 1 aromatic carbocycles. The van der Waals surface area contributed by atoms with E-state index in [1.807, 2.05) is 30.3 Å². The Morgan fingerprint density at radius 3 is 2.48 bits per heavy atom. The van der Waals surface area contributed by atoms with Crippen molar-refractivity contribution >= 4 is 30.7 Å². The summed E-state index contributed by atoms with van der Waals surface area (Å²) in [5.41, 5.74) is 6.68. The second kappa shape index (κ2) is 10.2. The zero-order valence-corrected chi connectivity index (χ0v) is 13.2. The number of carbonyl (C=O) groups excluding carboxylic acids is 1. The van der Waals surface area contributed by atoms with E-state index >= 15 is 0 Å². The highest BCUT2D eigenvalue weighted by atomic mass is 35.5. The van der Waals surface area contributed by atoms with E-state index in [1.165, 1.54) is 0 Å². The van der Waals surface area contributed by atoms with Crippen LogP contribution >= 0.6 is 24.8 Å². The van der Waals surface area contributed by atoms with Crippen molar-refractivity contribution in [2.75, 3.05) is 13.1 Å². The van der Waals surface area contributed by atoms with Crippen LogP contribution in [0.25, 0.3) is 0 Å². The molecule has 1 aromatic heterocycles. The van der Waals surface area contributed by atoms with E-state index in [-0.39, 0.29) is 37.3 Å². The van der Waals surface area contributed by atoms with Gasteiger partial charge in [-0.25, -0.2) is 0 Å². The average molecular weight is 331 g/mol. The Hall–Kier alpha value is -1.56. The van der Waals surface area contributed by atoms with Gasteiger partial charge < -0.3 is 10.6 Å². The Kier molecular flexibility index (Phi) is 9.45. The zero-order valence-electron chi connectivity index (χ0n) is 11.6. The topological polar surface area (TPSA) is 64.2 Å². The van der Waals surface area contributed by atoms with Gasteiger partial charge in [0.25, 0.3) is 0 Å². The summed E-state index contributed by atoms with van der Waals surface area (Å²) >= 11 is 0. The smallest absolute Gasteiger partial charge is 0.244 e. The van der Waals surface area contributed by atoms with E-state index in [1.54, 1.807) is 28.0 Å². The van der Waals surface area contributed by atoms with Crippen LogP contribution < -0.4 is 5.73 Å². The van der Waals surface area contributed by atoms with Crippen LogP contribution in [0.3, 0.4) is 0 Å². The molecular weight excluding hydrogens is 311 g/mol. The van der Waals surface area contributed by atoms with Crippen LogP contribution in [0.4, 0.5) is 0 Å². The summed E-state index contributed by atoms with van der Waals surface area (Å²) < 4.78 is 1.62. The lowest BCUT2D eigenvalue weighted by atomic mass is 10.2. The summed E-state index contributed by atoms with van der Waals surface area (Å²) in [6.45, 7) is 1.84. The summed E-state index contributed by atoms with van der Waals surface area (Å²) in [5, 5.41) is 4.04. The van der Waals surface area contributed by atoms with E-state index in [0.717, 1.165) is 5.56 Å². The molecule has 2 aromatic rings. The first-order valence-electron chi connectivity index (χ1n) is 6.29. The van der Waals surface area contributed by atoms with Crippen LogP contribution in [0, 0.1) is 0 Å². The monoisotopic (exact) mass is 330 g/mol. The summed E-state index contributed by atoms with van der Waals surface area (Å²) in [4.78, 5) is 14.0. The minimum Gasteiger partial charge on any atom is -0.335 e. The molecule has 7 heteroatoms. The van der Waals surface area contributed by atoms with Crippen LogP contribution in [0.2, 0.25) is 0 Å². The highest BCUT2D eigenvalue weighted by Crippen LogP contribution is 2.05. The van der Waals surface area contributed by atoms with E-state index in [4.69, 9.17) is 5.73 Å². The van der Waals surface area contributed by atoms with Gasteiger partial charge in [0.05, 0.1) is 0 Å². The van der Waals surface area contributed by atoms with E-state index in [2.05, 4.69) is 5.10 Å². The Bertz CT molecular complexity index is 505. The molecule has 116 valence electrons. The molecule has 0 fully saturated rings. The van der Waals surface area contributed by atoms with Gasteiger partial charge in [0.2, 0.25) is 5.91 Å². The molecule has 0 atom stereocenters. The van der Waals surface area contributed by atoms with Crippen LogP contribution in [0.5, 0.6) is 0 Å². The predicted octanol–water partition coefficient (Wildman–Crippen LogP) is 1.71. The third-order valence-electron chi connectivity index (χ3n) is 2.82. The van der Waals surface area contributed by atoms with Crippen LogP contribution in [-0.2, 0) is 17.9 Å². The van der Waals surface area contributed by atoms with Gasteiger partial charge >= 0.3 is 0 Å². The molecule has 0 bridgehead atoms.